The molecule has 0 heterocycles. The minimum atomic E-state index is 0.334. The fourth-order valence-electron chi connectivity index (χ4n) is 1.77. The molecule has 0 rings (SSSR count). The Kier molecular flexibility index (Phi) is 29.4. The van der Waals surface area contributed by atoms with Crippen LogP contribution in [0.2, 0.25) is 19.0 Å². The van der Waals surface area contributed by atoms with Crippen molar-refractivity contribution in [3.8, 4) is 0 Å². The Bertz CT molecular complexity index is 163. The zero-order valence-electron chi connectivity index (χ0n) is 15.6. The molecule has 0 fully saturated rings. The van der Waals surface area contributed by atoms with E-state index in [4.69, 9.17) is 0 Å². The van der Waals surface area contributed by atoms with Gasteiger partial charge in [-0.05, 0) is 13.2 Å². The average molecular weight is 284 g/mol. The van der Waals surface area contributed by atoms with E-state index in [1.807, 2.05) is 0 Å². The monoisotopic (exact) mass is 284 g/mol. The highest BCUT2D eigenvalue weighted by atomic mass is 16.1. The predicted octanol–water partition coefficient (Wildman–Crippen LogP) is 6.89. The normalized spacial score (nSPS) is 8.95. The molecule has 0 aromatic carbocycles. The van der Waals surface area contributed by atoms with Crippen LogP contribution in [0.5, 0.6) is 0 Å². The van der Waals surface area contributed by atoms with Crippen molar-refractivity contribution in [1.82, 2.24) is 0 Å². The van der Waals surface area contributed by atoms with Gasteiger partial charge in [-0.25, -0.2) is 0 Å². The Labute approximate surface area is 130 Å². The number of Topliss-reactive ketones (excluding diaryl/α,β-unsaturated/α-hetero) is 1. The smallest absolute Gasteiger partial charge is 0.148 e. The molecule has 20 heavy (non-hydrogen) atoms. The summed E-state index contributed by atoms with van der Waals surface area (Å²) in [5.74, 6) is 0.334. The van der Waals surface area contributed by atoms with Gasteiger partial charge in [-0.2, -0.15) is 0 Å². The summed E-state index contributed by atoms with van der Waals surface area (Å²) in [6.07, 6.45) is 12.5. The minimum Gasteiger partial charge on any atom is -0.301 e. The highest BCUT2D eigenvalue weighted by Gasteiger charge is 2.11. The van der Waals surface area contributed by atoms with Crippen LogP contribution in [-0.4, -0.2) is 12.5 Å². The van der Waals surface area contributed by atoms with Crippen LogP contribution >= 0.6 is 0 Å². The van der Waals surface area contributed by atoms with E-state index in [9.17, 15) is 4.79 Å². The first-order valence-corrected chi connectivity index (χ1v) is 9.03. The van der Waals surface area contributed by atoms with Gasteiger partial charge in [-0.15, -0.1) is 0 Å². The van der Waals surface area contributed by atoms with Crippen molar-refractivity contribution in [2.75, 3.05) is 0 Å². The molecular weight excluding hydrogens is 243 g/mol. The molecule has 0 aliphatic carbocycles. The van der Waals surface area contributed by atoms with Crippen LogP contribution in [0.25, 0.3) is 0 Å². The van der Waals surface area contributed by atoms with Gasteiger partial charge in [-0.3, -0.25) is 0 Å². The molecular formula is C18H41BO. The molecule has 0 aromatic rings. The van der Waals surface area contributed by atoms with E-state index in [0.717, 1.165) is 12.6 Å². The fourth-order valence-corrected chi connectivity index (χ4v) is 1.77. The van der Waals surface area contributed by atoms with Crippen molar-refractivity contribution in [2.24, 2.45) is 0 Å². The van der Waals surface area contributed by atoms with Gasteiger partial charge >= 0.3 is 0 Å². The van der Waals surface area contributed by atoms with E-state index in [1.54, 1.807) is 6.92 Å². The first-order valence-electron chi connectivity index (χ1n) is 9.03. The largest absolute Gasteiger partial charge is 0.301 e. The topological polar surface area (TPSA) is 17.1 Å². The maximum atomic E-state index is 10.7. The second-order valence-electron chi connectivity index (χ2n) is 5.68. The van der Waals surface area contributed by atoms with Gasteiger partial charge in [0.25, 0.3) is 0 Å². The van der Waals surface area contributed by atoms with Crippen LogP contribution in [0.3, 0.4) is 0 Å². The first-order chi connectivity index (χ1) is 9.53. The molecule has 0 unspecified atom stereocenters. The Balaban J connectivity index is -0.000000246. The van der Waals surface area contributed by atoms with E-state index >= 15 is 0 Å². The Hall–Kier alpha value is -0.265. The second-order valence-corrected chi connectivity index (χ2v) is 5.68. The van der Waals surface area contributed by atoms with Gasteiger partial charge in [0.2, 0.25) is 0 Å². The summed E-state index contributed by atoms with van der Waals surface area (Å²) >= 11 is 0. The fraction of sp³-hybridized carbons (Fsp3) is 0.944. The van der Waals surface area contributed by atoms with E-state index in [1.165, 1.54) is 51.3 Å². The summed E-state index contributed by atoms with van der Waals surface area (Å²) in [4.78, 5) is 10.7. The van der Waals surface area contributed by atoms with Gasteiger partial charge in [0.05, 0.1) is 0 Å². The lowest BCUT2D eigenvalue weighted by Gasteiger charge is -2.05. The quantitative estimate of drug-likeness (QED) is 0.332. The molecule has 0 saturated heterocycles. The van der Waals surface area contributed by atoms with E-state index in [-0.39, 0.29) is 0 Å². The molecule has 2 heteroatoms. The van der Waals surface area contributed by atoms with E-state index in [2.05, 4.69) is 41.5 Å². The molecule has 0 aliphatic heterocycles. The third-order valence-corrected chi connectivity index (χ3v) is 3.31. The van der Waals surface area contributed by atoms with Gasteiger partial charge in [0, 0.05) is 0 Å². The first kappa shape index (κ1) is 24.7. The van der Waals surface area contributed by atoms with Crippen molar-refractivity contribution in [1.29, 1.82) is 0 Å². The summed E-state index contributed by atoms with van der Waals surface area (Å²) in [5, 5.41) is 0. The number of carbonyl (C=O) groups excluding carboxylic acids is 1. The summed E-state index contributed by atoms with van der Waals surface area (Å²) in [5.41, 5.74) is 0. The highest BCUT2D eigenvalue weighted by Crippen LogP contribution is 2.07. The van der Waals surface area contributed by atoms with Crippen molar-refractivity contribution in [3.05, 3.63) is 0 Å². The van der Waals surface area contributed by atoms with Crippen molar-refractivity contribution < 1.29 is 4.79 Å². The maximum Gasteiger partial charge on any atom is 0.148 e. The van der Waals surface area contributed by atoms with Crippen molar-refractivity contribution >= 4 is 12.5 Å². The SMILES string of the molecule is CCCB(CC)CC(C)=O.CCCC.CCCCCC. The van der Waals surface area contributed by atoms with E-state index in [0.29, 0.717) is 12.5 Å². The Morgan fingerprint density at radius 3 is 1.40 bits per heavy atom. The Morgan fingerprint density at radius 2 is 1.20 bits per heavy atom. The molecule has 1 nitrogen and oxygen atoms in total. The minimum absolute atomic E-state index is 0.334. The number of unbranched alkanes of at least 4 members (excludes halogenated alkanes) is 4. The van der Waals surface area contributed by atoms with Gasteiger partial charge in [-0.1, -0.05) is 99.1 Å². The van der Waals surface area contributed by atoms with Crippen molar-refractivity contribution in [2.45, 2.75) is 112 Å². The Morgan fingerprint density at radius 1 is 0.750 bits per heavy atom. The van der Waals surface area contributed by atoms with Gasteiger partial charge in [0.1, 0.15) is 12.5 Å². The number of hydrogen-bond acceptors (Lipinski definition) is 1. The average Bonchev–Trinajstić information content (AvgIpc) is 2.45. The molecule has 0 radical (unpaired) electrons. The molecule has 0 aliphatic rings. The summed E-state index contributed by atoms with van der Waals surface area (Å²) in [6, 6.07) is 0. The van der Waals surface area contributed by atoms with Crippen LogP contribution in [0.1, 0.15) is 93.4 Å². The summed E-state index contributed by atoms with van der Waals surface area (Å²) in [6.45, 7) is 15.5. The number of rotatable bonds is 9. The third kappa shape index (κ3) is 30.6. The number of hydrogen-bond donors (Lipinski definition) is 0. The standard InChI is InChI=1S/C8H17BO.C6H14.C4H10/c1-4-6-9(5-2)7-8(3)10;1-3-5-6-4-2;1-3-4-2/h4-7H2,1-3H3;3-6H2,1-2H3;3-4H2,1-2H3. The predicted molar refractivity (Wildman–Crippen MR) is 97.2 cm³/mol. The lowest BCUT2D eigenvalue weighted by atomic mass is 9.42. The van der Waals surface area contributed by atoms with Crippen LogP contribution < -0.4 is 0 Å². The lowest BCUT2D eigenvalue weighted by Crippen LogP contribution is -2.13. The molecule has 0 atom stereocenters. The highest BCUT2D eigenvalue weighted by molar-refractivity contribution is 6.62. The van der Waals surface area contributed by atoms with Crippen LogP contribution in [0.4, 0.5) is 0 Å². The summed E-state index contributed by atoms with van der Waals surface area (Å²) in [7, 11) is 0. The maximum absolute atomic E-state index is 10.7. The zero-order chi connectivity index (χ0) is 16.2. The van der Waals surface area contributed by atoms with Crippen molar-refractivity contribution in [3.63, 3.8) is 0 Å². The lowest BCUT2D eigenvalue weighted by molar-refractivity contribution is -0.115. The second kappa shape index (κ2) is 23.8. The summed E-state index contributed by atoms with van der Waals surface area (Å²) < 4.78 is 0. The van der Waals surface area contributed by atoms with Crippen LogP contribution in [0, 0.1) is 0 Å². The molecule has 0 bridgehead atoms. The molecule has 0 N–H and O–H groups in total. The number of ketones is 1. The van der Waals surface area contributed by atoms with Gasteiger partial charge in [0.15, 0.2) is 0 Å². The molecule has 0 saturated carbocycles. The molecule has 0 spiro atoms. The number of carbonyl (C=O) groups is 1. The van der Waals surface area contributed by atoms with E-state index < -0.39 is 0 Å². The zero-order valence-corrected chi connectivity index (χ0v) is 15.6. The molecule has 0 amide bonds. The van der Waals surface area contributed by atoms with Crippen LogP contribution in [-0.2, 0) is 4.79 Å². The van der Waals surface area contributed by atoms with Crippen LogP contribution in [0.15, 0.2) is 0 Å². The van der Waals surface area contributed by atoms with Gasteiger partial charge < -0.3 is 4.79 Å². The molecule has 122 valence electrons. The molecule has 0 aromatic heterocycles. The third-order valence-electron chi connectivity index (χ3n) is 3.31.